The van der Waals surface area contributed by atoms with E-state index in [1.54, 1.807) is 6.07 Å². The van der Waals surface area contributed by atoms with Gasteiger partial charge in [-0.05, 0) is 61.4 Å². The minimum Gasteiger partial charge on any atom is -0.508 e. The highest BCUT2D eigenvalue weighted by molar-refractivity contribution is 5.38. The fourth-order valence-electron chi connectivity index (χ4n) is 2.46. The van der Waals surface area contributed by atoms with E-state index in [-0.39, 0.29) is 0 Å². The third-order valence-corrected chi connectivity index (χ3v) is 3.48. The van der Waals surface area contributed by atoms with E-state index in [0.717, 1.165) is 24.9 Å². The molecule has 0 radical (unpaired) electrons. The summed E-state index contributed by atoms with van der Waals surface area (Å²) in [6.07, 6.45) is 5.03. The maximum atomic E-state index is 9.40. The first-order valence-electron chi connectivity index (χ1n) is 5.85. The lowest BCUT2D eigenvalue weighted by Gasteiger charge is -2.09. The number of fused-ring (bicyclic) bond motifs is 1. The normalized spacial score (nSPS) is 24.1. The maximum Gasteiger partial charge on any atom is 0.115 e. The average molecular weight is 203 g/mol. The van der Waals surface area contributed by atoms with Gasteiger partial charge >= 0.3 is 0 Å². The van der Waals surface area contributed by atoms with Gasteiger partial charge in [0, 0.05) is 6.04 Å². The fourth-order valence-corrected chi connectivity index (χ4v) is 2.46. The zero-order chi connectivity index (χ0) is 10.3. The van der Waals surface area contributed by atoms with Crippen LogP contribution in [0, 0.1) is 5.92 Å². The molecule has 0 spiro atoms. The Morgan fingerprint density at radius 2 is 2.00 bits per heavy atom. The minimum atomic E-state index is 0.407. The topological polar surface area (TPSA) is 32.3 Å². The summed E-state index contributed by atoms with van der Waals surface area (Å²) in [4.78, 5) is 0. The highest BCUT2D eigenvalue weighted by atomic mass is 16.3. The number of rotatable bonds is 3. The van der Waals surface area contributed by atoms with Gasteiger partial charge in [-0.15, -0.1) is 0 Å². The number of phenolic OH excluding ortho intramolecular Hbond substituents is 1. The van der Waals surface area contributed by atoms with Gasteiger partial charge in [-0.25, -0.2) is 0 Å². The molecule has 1 aromatic carbocycles. The predicted octanol–water partition coefficient (Wildman–Crippen LogP) is 1.86. The van der Waals surface area contributed by atoms with Gasteiger partial charge in [-0.3, -0.25) is 0 Å². The van der Waals surface area contributed by atoms with Crippen molar-refractivity contribution in [2.75, 3.05) is 6.54 Å². The van der Waals surface area contributed by atoms with E-state index in [4.69, 9.17) is 0 Å². The third kappa shape index (κ3) is 2.00. The van der Waals surface area contributed by atoms with Crippen LogP contribution in [0.3, 0.4) is 0 Å². The SMILES string of the molecule is Oc1ccc2c(c1)CC(CNC1CC1)C2. The molecule has 3 rings (SSSR count). The van der Waals surface area contributed by atoms with Crippen LogP contribution < -0.4 is 5.32 Å². The van der Waals surface area contributed by atoms with E-state index < -0.39 is 0 Å². The molecule has 2 heteroatoms. The second-order valence-corrected chi connectivity index (χ2v) is 4.91. The van der Waals surface area contributed by atoms with E-state index in [0.29, 0.717) is 5.75 Å². The molecule has 0 aromatic heterocycles. The van der Waals surface area contributed by atoms with Crippen LogP contribution in [0.5, 0.6) is 5.75 Å². The number of hydrogen-bond acceptors (Lipinski definition) is 2. The van der Waals surface area contributed by atoms with Crippen molar-refractivity contribution < 1.29 is 5.11 Å². The number of phenols is 1. The molecule has 0 bridgehead atoms. The van der Waals surface area contributed by atoms with Crippen molar-refractivity contribution in [2.45, 2.75) is 31.7 Å². The van der Waals surface area contributed by atoms with E-state index in [1.807, 2.05) is 6.07 Å². The standard InChI is InChI=1S/C13H17NO/c15-13-4-1-10-5-9(6-11(10)7-13)8-14-12-2-3-12/h1,4,7,9,12,14-15H,2-3,5-6,8H2. The van der Waals surface area contributed by atoms with Crippen LogP contribution in [0.25, 0.3) is 0 Å². The molecule has 1 fully saturated rings. The smallest absolute Gasteiger partial charge is 0.115 e. The quantitative estimate of drug-likeness (QED) is 0.786. The second-order valence-electron chi connectivity index (χ2n) is 4.91. The van der Waals surface area contributed by atoms with Gasteiger partial charge in [0.1, 0.15) is 5.75 Å². The Labute approximate surface area is 90.3 Å². The molecule has 2 aliphatic rings. The summed E-state index contributed by atoms with van der Waals surface area (Å²) >= 11 is 0. The summed E-state index contributed by atoms with van der Waals surface area (Å²) < 4.78 is 0. The first kappa shape index (κ1) is 9.22. The van der Waals surface area contributed by atoms with Crippen LogP contribution in [0.4, 0.5) is 0 Å². The largest absolute Gasteiger partial charge is 0.508 e. The van der Waals surface area contributed by atoms with Crippen molar-refractivity contribution in [1.29, 1.82) is 0 Å². The lowest BCUT2D eigenvalue weighted by molar-refractivity contribution is 0.474. The third-order valence-electron chi connectivity index (χ3n) is 3.48. The van der Waals surface area contributed by atoms with Crippen molar-refractivity contribution in [2.24, 2.45) is 5.92 Å². The lowest BCUT2D eigenvalue weighted by atomic mass is 10.1. The summed E-state index contributed by atoms with van der Waals surface area (Å²) in [7, 11) is 0. The van der Waals surface area contributed by atoms with Crippen molar-refractivity contribution >= 4 is 0 Å². The highest BCUT2D eigenvalue weighted by Gasteiger charge is 2.25. The molecule has 80 valence electrons. The van der Waals surface area contributed by atoms with E-state index >= 15 is 0 Å². The van der Waals surface area contributed by atoms with Gasteiger partial charge in [0.05, 0.1) is 0 Å². The van der Waals surface area contributed by atoms with Gasteiger partial charge in [0.15, 0.2) is 0 Å². The van der Waals surface area contributed by atoms with Crippen LogP contribution in [-0.4, -0.2) is 17.7 Å². The molecular formula is C13H17NO. The molecule has 1 atom stereocenters. The van der Waals surface area contributed by atoms with Crippen LogP contribution in [0.15, 0.2) is 18.2 Å². The van der Waals surface area contributed by atoms with Gasteiger partial charge in [-0.2, -0.15) is 0 Å². The van der Waals surface area contributed by atoms with Crippen LogP contribution in [0.2, 0.25) is 0 Å². The Balaban J connectivity index is 1.63. The number of benzene rings is 1. The zero-order valence-corrected chi connectivity index (χ0v) is 8.87. The Morgan fingerprint density at radius 3 is 2.80 bits per heavy atom. The molecular weight excluding hydrogens is 186 g/mol. The van der Waals surface area contributed by atoms with Crippen molar-refractivity contribution in [1.82, 2.24) is 5.32 Å². The molecule has 1 aromatic rings. The Bertz CT molecular complexity index is 371. The first-order valence-corrected chi connectivity index (χ1v) is 5.85. The van der Waals surface area contributed by atoms with E-state index in [2.05, 4.69) is 11.4 Å². The Morgan fingerprint density at radius 1 is 1.20 bits per heavy atom. The number of hydrogen-bond donors (Lipinski definition) is 2. The molecule has 2 aliphatic carbocycles. The molecule has 0 saturated heterocycles. The van der Waals surface area contributed by atoms with Gasteiger partial charge in [0.25, 0.3) is 0 Å². The summed E-state index contributed by atoms with van der Waals surface area (Å²) in [6.45, 7) is 1.14. The lowest BCUT2D eigenvalue weighted by Crippen LogP contribution is -2.24. The second kappa shape index (κ2) is 3.53. The molecule has 1 saturated carbocycles. The number of aromatic hydroxyl groups is 1. The summed E-state index contributed by atoms with van der Waals surface area (Å²) in [5, 5.41) is 13.0. The Kier molecular flexibility index (Phi) is 2.17. The summed E-state index contributed by atoms with van der Waals surface area (Å²) in [5.41, 5.74) is 2.77. The Hall–Kier alpha value is -1.02. The van der Waals surface area contributed by atoms with Crippen LogP contribution in [0.1, 0.15) is 24.0 Å². The van der Waals surface area contributed by atoms with E-state index in [1.165, 1.54) is 30.4 Å². The van der Waals surface area contributed by atoms with Crippen molar-refractivity contribution in [3.63, 3.8) is 0 Å². The van der Waals surface area contributed by atoms with Crippen LogP contribution in [-0.2, 0) is 12.8 Å². The van der Waals surface area contributed by atoms with Gasteiger partial charge in [-0.1, -0.05) is 6.07 Å². The maximum absolute atomic E-state index is 9.40. The van der Waals surface area contributed by atoms with E-state index in [9.17, 15) is 5.11 Å². The van der Waals surface area contributed by atoms with Gasteiger partial charge in [0.2, 0.25) is 0 Å². The molecule has 15 heavy (non-hydrogen) atoms. The van der Waals surface area contributed by atoms with Gasteiger partial charge < -0.3 is 10.4 Å². The molecule has 0 heterocycles. The molecule has 2 nitrogen and oxygen atoms in total. The zero-order valence-electron chi connectivity index (χ0n) is 8.87. The molecule has 2 N–H and O–H groups in total. The predicted molar refractivity (Wildman–Crippen MR) is 60.0 cm³/mol. The van der Waals surface area contributed by atoms with Crippen LogP contribution >= 0.6 is 0 Å². The summed E-state index contributed by atoms with van der Waals surface area (Å²) in [5.74, 6) is 1.15. The molecule has 0 amide bonds. The minimum absolute atomic E-state index is 0.407. The monoisotopic (exact) mass is 203 g/mol. The number of nitrogens with one attached hydrogen (secondary N) is 1. The summed E-state index contributed by atoms with van der Waals surface area (Å²) in [6, 6.07) is 6.60. The fraction of sp³-hybridized carbons (Fsp3) is 0.538. The molecule has 0 aliphatic heterocycles. The van der Waals surface area contributed by atoms with Crippen molar-refractivity contribution in [3.05, 3.63) is 29.3 Å². The molecule has 1 unspecified atom stereocenters. The van der Waals surface area contributed by atoms with Crippen molar-refractivity contribution in [3.8, 4) is 5.75 Å². The highest BCUT2D eigenvalue weighted by Crippen LogP contribution is 2.29. The first-order chi connectivity index (χ1) is 7.31. The average Bonchev–Trinajstić information content (AvgIpc) is 2.95.